The van der Waals surface area contributed by atoms with E-state index in [4.69, 9.17) is 0 Å². The number of nitrogens with zero attached hydrogens (tertiary/aromatic N) is 3. The summed E-state index contributed by atoms with van der Waals surface area (Å²) in [6.45, 7) is 4.69. The number of aryl methyl sites for hydroxylation is 2. The Labute approximate surface area is 142 Å². The van der Waals surface area contributed by atoms with Crippen molar-refractivity contribution in [3.05, 3.63) is 59.2 Å². The number of likely N-dealkylation sites (tertiary alicyclic amines) is 1. The van der Waals surface area contributed by atoms with Gasteiger partial charge in [-0.15, -0.1) is 0 Å². The quantitative estimate of drug-likeness (QED) is 0.935. The normalized spacial score (nSPS) is 19.8. The second-order valence-electron chi connectivity index (χ2n) is 6.45. The number of rotatable bonds is 4. The molecule has 0 saturated carbocycles. The molecule has 1 aliphatic heterocycles. The molecule has 0 radical (unpaired) electrons. The second-order valence-corrected chi connectivity index (χ2v) is 6.45. The summed E-state index contributed by atoms with van der Waals surface area (Å²) in [4.78, 5) is 23.1. The van der Waals surface area contributed by atoms with Crippen molar-refractivity contribution in [2.45, 2.75) is 45.2 Å². The van der Waals surface area contributed by atoms with Crippen LogP contribution in [0.3, 0.4) is 0 Å². The van der Waals surface area contributed by atoms with Crippen LogP contribution < -0.4 is 0 Å². The Morgan fingerprint density at radius 3 is 2.71 bits per heavy atom. The van der Waals surface area contributed by atoms with E-state index in [2.05, 4.69) is 9.97 Å². The van der Waals surface area contributed by atoms with Crippen molar-refractivity contribution in [1.82, 2.24) is 14.9 Å². The first-order valence-electron chi connectivity index (χ1n) is 8.41. The van der Waals surface area contributed by atoms with Crippen LogP contribution in [0.1, 0.15) is 47.9 Å². The Hall–Kier alpha value is -2.27. The molecule has 24 heavy (non-hydrogen) atoms. The van der Waals surface area contributed by atoms with E-state index in [0.29, 0.717) is 6.42 Å². The van der Waals surface area contributed by atoms with Crippen LogP contribution in [-0.4, -0.2) is 38.5 Å². The molecule has 2 atom stereocenters. The van der Waals surface area contributed by atoms with Crippen molar-refractivity contribution >= 4 is 5.97 Å². The first-order valence-corrected chi connectivity index (χ1v) is 8.41. The van der Waals surface area contributed by atoms with Gasteiger partial charge in [0.05, 0.1) is 17.4 Å². The van der Waals surface area contributed by atoms with Gasteiger partial charge >= 0.3 is 5.97 Å². The lowest BCUT2D eigenvalue weighted by Gasteiger charge is -2.38. The number of piperidine rings is 1. The van der Waals surface area contributed by atoms with E-state index < -0.39 is 12.0 Å². The van der Waals surface area contributed by atoms with Crippen molar-refractivity contribution in [1.29, 1.82) is 0 Å². The summed E-state index contributed by atoms with van der Waals surface area (Å²) in [5, 5.41) is 9.67. The fourth-order valence-electron chi connectivity index (χ4n) is 3.38. The van der Waals surface area contributed by atoms with Crippen LogP contribution in [0.5, 0.6) is 0 Å². The van der Waals surface area contributed by atoms with Crippen LogP contribution in [0.4, 0.5) is 0 Å². The molecule has 2 aromatic heterocycles. The number of hydrogen-bond donors (Lipinski definition) is 1. The van der Waals surface area contributed by atoms with E-state index in [9.17, 15) is 9.90 Å². The number of carboxylic acids is 1. The minimum atomic E-state index is -0.764. The van der Waals surface area contributed by atoms with E-state index >= 15 is 0 Å². The van der Waals surface area contributed by atoms with Crippen molar-refractivity contribution in [3.8, 4) is 0 Å². The van der Waals surface area contributed by atoms with Gasteiger partial charge in [-0.05, 0) is 50.5 Å². The molecule has 0 aliphatic carbocycles. The third-order valence-electron chi connectivity index (χ3n) is 4.57. The van der Waals surface area contributed by atoms with E-state index in [1.165, 1.54) is 0 Å². The lowest BCUT2D eigenvalue weighted by molar-refractivity contribution is -0.145. The number of aromatic nitrogens is 2. The summed E-state index contributed by atoms with van der Waals surface area (Å²) in [5.74, 6) is -0.764. The molecule has 0 spiro atoms. The summed E-state index contributed by atoms with van der Waals surface area (Å²) < 4.78 is 0. The Kier molecular flexibility index (Phi) is 4.90. The monoisotopic (exact) mass is 325 g/mol. The molecule has 1 aliphatic rings. The van der Waals surface area contributed by atoms with Gasteiger partial charge in [0.1, 0.15) is 6.04 Å². The SMILES string of the molecule is Cc1ccc(C(c2cccc(C)n2)N2CCCCC2C(=O)O)nc1. The van der Waals surface area contributed by atoms with E-state index in [-0.39, 0.29) is 6.04 Å². The minimum Gasteiger partial charge on any atom is -0.480 e. The summed E-state index contributed by atoms with van der Waals surface area (Å²) in [6.07, 6.45) is 4.45. The average molecular weight is 325 g/mol. The van der Waals surface area contributed by atoms with Gasteiger partial charge in [-0.1, -0.05) is 18.6 Å². The average Bonchev–Trinajstić information content (AvgIpc) is 2.57. The Bertz CT molecular complexity index is 715. The predicted molar refractivity (Wildman–Crippen MR) is 91.8 cm³/mol. The maximum atomic E-state index is 11.8. The topological polar surface area (TPSA) is 66.3 Å². The lowest BCUT2D eigenvalue weighted by Crippen LogP contribution is -2.47. The molecule has 2 aromatic rings. The lowest BCUT2D eigenvalue weighted by atomic mass is 9.96. The zero-order chi connectivity index (χ0) is 17.1. The summed E-state index contributed by atoms with van der Waals surface area (Å²) in [7, 11) is 0. The molecule has 1 saturated heterocycles. The fourth-order valence-corrected chi connectivity index (χ4v) is 3.38. The minimum absolute atomic E-state index is 0.230. The molecule has 3 rings (SSSR count). The van der Waals surface area contributed by atoms with Crippen LogP contribution in [0.15, 0.2) is 36.5 Å². The van der Waals surface area contributed by atoms with Gasteiger partial charge in [-0.25, -0.2) is 0 Å². The van der Waals surface area contributed by atoms with E-state index in [1.807, 2.05) is 55.3 Å². The first-order chi connectivity index (χ1) is 11.6. The highest BCUT2D eigenvalue weighted by molar-refractivity contribution is 5.73. The molecule has 5 nitrogen and oxygen atoms in total. The van der Waals surface area contributed by atoms with E-state index in [1.54, 1.807) is 0 Å². The number of carboxylic acid groups (broad SMARTS) is 1. The highest BCUT2D eigenvalue weighted by Gasteiger charge is 2.36. The smallest absolute Gasteiger partial charge is 0.320 e. The van der Waals surface area contributed by atoms with Gasteiger partial charge < -0.3 is 5.11 Å². The molecule has 3 heterocycles. The molecule has 5 heteroatoms. The largest absolute Gasteiger partial charge is 0.480 e. The number of hydrogen-bond acceptors (Lipinski definition) is 4. The van der Waals surface area contributed by atoms with Crippen molar-refractivity contribution in [2.24, 2.45) is 0 Å². The van der Waals surface area contributed by atoms with Gasteiger partial charge in [0.15, 0.2) is 0 Å². The fraction of sp³-hybridized carbons (Fsp3) is 0.421. The molecule has 1 N–H and O–H groups in total. The van der Waals surface area contributed by atoms with Gasteiger partial charge in [0.2, 0.25) is 0 Å². The highest BCUT2D eigenvalue weighted by atomic mass is 16.4. The van der Waals surface area contributed by atoms with Gasteiger partial charge in [0, 0.05) is 18.4 Å². The van der Waals surface area contributed by atoms with Crippen molar-refractivity contribution < 1.29 is 9.90 Å². The Morgan fingerprint density at radius 2 is 2.04 bits per heavy atom. The molecule has 0 amide bonds. The Balaban J connectivity index is 2.07. The molecule has 1 fully saturated rings. The number of aliphatic carboxylic acids is 1. The molecule has 126 valence electrons. The zero-order valence-electron chi connectivity index (χ0n) is 14.1. The molecule has 2 unspecified atom stereocenters. The van der Waals surface area contributed by atoms with Gasteiger partial charge in [-0.3, -0.25) is 19.7 Å². The summed E-state index contributed by atoms with van der Waals surface area (Å²) >= 11 is 0. The van der Waals surface area contributed by atoms with Crippen LogP contribution in [-0.2, 0) is 4.79 Å². The van der Waals surface area contributed by atoms with Crippen molar-refractivity contribution in [2.75, 3.05) is 6.54 Å². The first kappa shape index (κ1) is 16.6. The number of pyridine rings is 2. The van der Waals surface area contributed by atoms with Gasteiger partial charge in [0.25, 0.3) is 0 Å². The molecule has 0 aromatic carbocycles. The standard InChI is InChI=1S/C19H23N3O2/c1-13-9-10-15(20-12-13)18(16-7-5-6-14(2)21-16)22-11-4-3-8-17(22)19(23)24/h5-7,9-10,12,17-18H,3-4,8,11H2,1-2H3,(H,23,24). The zero-order valence-corrected chi connectivity index (χ0v) is 14.1. The van der Waals surface area contributed by atoms with Crippen molar-refractivity contribution in [3.63, 3.8) is 0 Å². The van der Waals surface area contributed by atoms with Crippen LogP contribution >= 0.6 is 0 Å². The number of carbonyl (C=O) groups is 1. The molecular formula is C19H23N3O2. The third-order valence-corrected chi connectivity index (χ3v) is 4.57. The van der Waals surface area contributed by atoms with E-state index in [0.717, 1.165) is 42.0 Å². The van der Waals surface area contributed by atoms with Crippen LogP contribution in [0.25, 0.3) is 0 Å². The Morgan fingerprint density at radius 1 is 1.21 bits per heavy atom. The maximum Gasteiger partial charge on any atom is 0.320 e. The highest BCUT2D eigenvalue weighted by Crippen LogP contribution is 2.32. The molecule has 0 bridgehead atoms. The second kappa shape index (κ2) is 7.09. The van der Waals surface area contributed by atoms with Gasteiger partial charge in [-0.2, -0.15) is 0 Å². The third kappa shape index (κ3) is 3.46. The van der Waals surface area contributed by atoms with Crippen LogP contribution in [0.2, 0.25) is 0 Å². The maximum absolute atomic E-state index is 11.8. The predicted octanol–water partition coefficient (Wildman–Crippen LogP) is 3.12. The summed E-state index contributed by atoms with van der Waals surface area (Å²) in [5.41, 5.74) is 3.72. The summed E-state index contributed by atoms with van der Waals surface area (Å²) in [6, 6.07) is 9.17. The molecular weight excluding hydrogens is 302 g/mol. The van der Waals surface area contributed by atoms with Crippen LogP contribution in [0, 0.1) is 13.8 Å².